The molecule has 0 bridgehead atoms. The molecule has 0 saturated carbocycles. The number of thiophene rings is 1. The highest BCUT2D eigenvalue weighted by molar-refractivity contribution is 7.98. The third-order valence-corrected chi connectivity index (χ3v) is 5.94. The van der Waals surface area contributed by atoms with Gasteiger partial charge in [-0.25, -0.2) is 4.98 Å². The molecular weight excluding hydrogens is 360 g/mol. The molecule has 0 aliphatic heterocycles. The SMILES string of the molecule is Cc1c(Cl)c(CSc2n[nH]c(-c3cccs3)n2)nc2ccccc12. The number of hydrogen-bond donors (Lipinski definition) is 1. The van der Waals surface area contributed by atoms with E-state index in [1.807, 2.05) is 48.7 Å². The molecule has 3 heterocycles. The number of para-hydroxylation sites is 1. The summed E-state index contributed by atoms with van der Waals surface area (Å²) < 4.78 is 0. The van der Waals surface area contributed by atoms with Gasteiger partial charge in [-0.2, -0.15) is 0 Å². The second-order valence-corrected chi connectivity index (χ2v) is 7.52. The molecule has 0 fully saturated rings. The van der Waals surface area contributed by atoms with Gasteiger partial charge in [0, 0.05) is 11.1 Å². The maximum absolute atomic E-state index is 6.50. The predicted octanol–water partition coefficient (Wildman–Crippen LogP) is 5.34. The first-order chi connectivity index (χ1) is 11.7. The summed E-state index contributed by atoms with van der Waals surface area (Å²) in [6.45, 7) is 2.03. The van der Waals surface area contributed by atoms with Crippen LogP contribution in [0.2, 0.25) is 5.02 Å². The molecule has 0 saturated heterocycles. The first kappa shape index (κ1) is 15.6. The summed E-state index contributed by atoms with van der Waals surface area (Å²) in [5, 5.41) is 11.8. The Hall–Kier alpha value is -1.89. The molecule has 0 spiro atoms. The lowest BCUT2D eigenvalue weighted by Gasteiger charge is -2.09. The van der Waals surface area contributed by atoms with Gasteiger partial charge in [-0.1, -0.05) is 47.6 Å². The number of aryl methyl sites for hydroxylation is 1. The normalized spacial score (nSPS) is 11.2. The first-order valence-electron chi connectivity index (χ1n) is 7.35. The number of pyridine rings is 1. The van der Waals surface area contributed by atoms with Crippen molar-refractivity contribution in [2.75, 3.05) is 0 Å². The monoisotopic (exact) mass is 372 g/mol. The second-order valence-electron chi connectivity index (χ2n) is 5.25. The Morgan fingerprint density at radius 2 is 2.04 bits per heavy atom. The van der Waals surface area contributed by atoms with Crippen LogP contribution in [0.25, 0.3) is 21.6 Å². The van der Waals surface area contributed by atoms with Gasteiger partial charge in [0.05, 0.1) is 21.1 Å². The van der Waals surface area contributed by atoms with Gasteiger partial charge >= 0.3 is 0 Å². The number of nitrogens with one attached hydrogen (secondary N) is 1. The Morgan fingerprint density at radius 1 is 1.17 bits per heavy atom. The first-order valence-corrected chi connectivity index (χ1v) is 9.59. The molecule has 24 heavy (non-hydrogen) atoms. The number of nitrogens with zero attached hydrogens (tertiary/aromatic N) is 3. The summed E-state index contributed by atoms with van der Waals surface area (Å²) in [6, 6.07) is 12.1. The fourth-order valence-corrected chi connectivity index (χ4v) is 4.18. The van der Waals surface area contributed by atoms with Crippen LogP contribution in [0.4, 0.5) is 0 Å². The van der Waals surface area contributed by atoms with E-state index in [1.54, 1.807) is 11.3 Å². The van der Waals surface area contributed by atoms with Crippen LogP contribution in [0.1, 0.15) is 11.3 Å². The fraction of sp³-hybridized carbons (Fsp3) is 0.118. The van der Waals surface area contributed by atoms with E-state index in [4.69, 9.17) is 16.6 Å². The molecule has 0 aliphatic rings. The Morgan fingerprint density at radius 3 is 2.88 bits per heavy atom. The number of aromatic amines is 1. The van der Waals surface area contributed by atoms with Gasteiger partial charge in [0.25, 0.3) is 0 Å². The molecule has 0 amide bonds. The minimum Gasteiger partial charge on any atom is -0.257 e. The largest absolute Gasteiger partial charge is 0.257 e. The molecule has 4 nitrogen and oxygen atoms in total. The third kappa shape index (κ3) is 2.92. The molecule has 0 radical (unpaired) electrons. The highest BCUT2D eigenvalue weighted by Gasteiger charge is 2.12. The zero-order valence-corrected chi connectivity index (χ0v) is 15.2. The number of benzene rings is 1. The van der Waals surface area contributed by atoms with Crippen molar-refractivity contribution in [1.29, 1.82) is 0 Å². The number of aromatic nitrogens is 4. The predicted molar refractivity (Wildman–Crippen MR) is 101 cm³/mol. The van der Waals surface area contributed by atoms with Crippen molar-refractivity contribution in [3.05, 3.63) is 58.1 Å². The van der Waals surface area contributed by atoms with Crippen LogP contribution >= 0.6 is 34.7 Å². The van der Waals surface area contributed by atoms with Gasteiger partial charge in [0.2, 0.25) is 5.16 Å². The number of hydrogen-bond acceptors (Lipinski definition) is 5. The summed E-state index contributed by atoms with van der Waals surface area (Å²) in [4.78, 5) is 10.3. The van der Waals surface area contributed by atoms with Crippen LogP contribution in [-0.4, -0.2) is 20.2 Å². The number of thioether (sulfide) groups is 1. The fourth-order valence-electron chi connectivity index (χ4n) is 2.48. The average molecular weight is 373 g/mol. The van der Waals surface area contributed by atoms with Gasteiger partial charge in [-0.3, -0.25) is 10.1 Å². The standard InChI is InChI=1S/C17H13ClN4S2/c1-10-11-5-2-3-6-12(11)19-13(15(10)18)9-24-17-20-16(21-22-17)14-7-4-8-23-14/h2-8H,9H2,1H3,(H,20,21,22). The molecule has 3 aromatic heterocycles. The van der Waals surface area contributed by atoms with Crippen LogP contribution in [0, 0.1) is 6.92 Å². The molecule has 120 valence electrons. The van der Waals surface area contributed by atoms with Crippen molar-refractivity contribution in [3.63, 3.8) is 0 Å². The zero-order valence-electron chi connectivity index (χ0n) is 12.8. The Kier molecular flexibility index (Phi) is 4.26. The van der Waals surface area contributed by atoms with E-state index < -0.39 is 0 Å². The molecule has 4 aromatic rings. The highest BCUT2D eigenvalue weighted by atomic mass is 35.5. The summed E-state index contributed by atoms with van der Waals surface area (Å²) in [7, 11) is 0. The summed E-state index contributed by atoms with van der Waals surface area (Å²) in [6.07, 6.45) is 0. The van der Waals surface area contributed by atoms with Crippen molar-refractivity contribution < 1.29 is 0 Å². The van der Waals surface area contributed by atoms with Gasteiger partial charge in [0.1, 0.15) is 0 Å². The van der Waals surface area contributed by atoms with Crippen LogP contribution in [0.3, 0.4) is 0 Å². The van der Waals surface area contributed by atoms with Crippen molar-refractivity contribution >= 4 is 45.6 Å². The third-order valence-electron chi connectivity index (χ3n) is 3.70. The summed E-state index contributed by atoms with van der Waals surface area (Å²) in [5.41, 5.74) is 2.89. The Balaban J connectivity index is 1.58. The maximum Gasteiger partial charge on any atom is 0.209 e. The van der Waals surface area contributed by atoms with E-state index in [0.29, 0.717) is 10.9 Å². The lowest BCUT2D eigenvalue weighted by molar-refractivity contribution is 0.972. The lowest BCUT2D eigenvalue weighted by Crippen LogP contribution is -1.94. The van der Waals surface area contributed by atoms with E-state index in [-0.39, 0.29) is 0 Å². The average Bonchev–Trinajstić information content (AvgIpc) is 3.28. The summed E-state index contributed by atoms with van der Waals surface area (Å²) >= 11 is 9.66. The van der Waals surface area contributed by atoms with E-state index in [9.17, 15) is 0 Å². The van der Waals surface area contributed by atoms with E-state index in [2.05, 4.69) is 15.2 Å². The van der Waals surface area contributed by atoms with E-state index >= 15 is 0 Å². The van der Waals surface area contributed by atoms with Gasteiger partial charge in [-0.05, 0) is 30.0 Å². The Labute approximate surface area is 152 Å². The molecule has 1 N–H and O–H groups in total. The van der Waals surface area contributed by atoms with E-state index in [1.165, 1.54) is 11.8 Å². The summed E-state index contributed by atoms with van der Waals surface area (Å²) in [5.74, 6) is 1.42. The maximum atomic E-state index is 6.50. The number of fused-ring (bicyclic) bond motifs is 1. The van der Waals surface area contributed by atoms with Gasteiger partial charge in [0.15, 0.2) is 5.82 Å². The van der Waals surface area contributed by atoms with Crippen molar-refractivity contribution in [2.24, 2.45) is 0 Å². The van der Waals surface area contributed by atoms with Crippen LogP contribution in [0.15, 0.2) is 46.9 Å². The molecule has 4 rings (SSSR count). The molecular formula is C17H13ClN4S2. The van der Waals surface area contributed by atoms with Gasteiger partial charge in [-0.15, -0.1) is 16.4 Å². The van der Waals surface area contributed by atoms with Crippen molar-refractivity contribution in [3.8, 4) is 10.7 Å². The zero-order chi connectivity index (χ0) is 16.5. The molecule has 0 aliphatic carbocycles. The second kappa shape index (κ2) is 6.55. The lowest BCUT2D eigenvalue weighted by atomic mass is 10.1. The smallest absolute Gasteiger partial charge is 0.209 e. The van der Waals surface area contributed by atoms with Crippen molar-refractivity contribution in [2.45, 2.75) is 17.8 Å². The number of rotatable bonds is 4. The topological polar surface area (TPSA) is 54.5 Å². The highest BCUT2D eigenvalue weighted by Crippen LogP contribution is 2.31. The van der Waals surface area contributed by atoms with Crippen LogP contribution in [-0.2, 0) is 5.75 Å². The number of halogens is 1. The molecule has 1 aromatic carbocycles. The minimum atomic E-state index is 0.631. The van der Waals surface area contributed by atoms with Crippen molar-refractivity contribution in [1.82, 2.24) is 20.2 Å². The molecule has 0 atom stereocenters. The minimum absolute atomic E-state index is 0.631. The molecule has 0 unspecified atom stereocenters. The molecule has 7 heteroatoms. The van der Waals surface area contributed by atoms with Crippen LogP contribution < -0.4 is 0 Å². The number of H-pyrrole nitrogens is 1. The quantitative estimate of drug-likeness (QED) is 0.491. The van der Waals surface area contributed by atoms with E-state index in [0.717, 1.165) is 37.9 Å². The van der Waals surface area contributed by atoms with Crippen LogP contribution in [0.5, 0.6) is 0 Å². The Bertz CT molecular complexity index is 995. The van der Waals surface area contributed by atoms with Gasteiger partial charge < -0.3 is 0 Å².